The van der Waals surface area contributed by atoms with E-state index >= 15 is 0 Å². The van der Waals surface area contributed by atoms with Gasteiger partial charge in [-0.25, -0.2) is 4.98 Å². The Morgan fingerprint density at radius 1 is 1.23 bits per heavy atom. The fourth-order valence-corrected chi connectivity index (χ4v) is 3.62. The second kappa shape index (κ2) is 7.20. The normalized spacial score (nSPS) is 17.4. The van der Waals surface area contributed by atoms with Gasteiger partial charge in [-0.2, -0.15) is 0 Å². The summed E-state index contributed by atoms with van der Waals surface area (Å²) >= 11 is 0. The highest BCUT2D eigenvalue weighted by molar-refractivity contribution is 5.79. The maximum Gasteiger partial charge on any atom is 0.227 e. The third kappa shape index (κ3) is 3.43. The van der Waals surface area contributed by atoms with Crippen molar-refractivity contribution in [2.75, 3.05) is 20.2 Å². The predicted molar refractivity (Wildman–Crippen MR) is 101 cm³/mol. The Kier molecular flexibility index (Phi) is 4.61. The molecule has 3 aromatic rings. The second-order valence-corrected chi connectivity index (χ2v) is 6.84. The predicted octanol–water partition coefficient (Wildman–Crippen LogP) is 3.52. The van der Waals surface area contributed by atoms with Crippen LogP contribution in [0, 0.1) is 0 Å². The van der Waals surface area contributed by atoms with Crippen LogP contribution in [-0.4, -0.2) is 41.0 Å². The molecule has 1 amide bonds. The van der Waals surface area contributed by atoms with Crippen molar-refractivity contribution >= 4 is 16.9 Å². The summed E-state index contributed by atoms with van der Waals surface area (Å²) < 4.78 is 5.17. The average molecular weight is 349 g/mol. The van der Waals surface area contributed by atoms with Gasteiger partial charge >= 0.3 is 0 Å². The molecular weight excluding hydrogens is 326 g/mol. The van der Waals surface area contributed by atoms with E-state index in [1.807, 2.05) is 53.4 Å². The molecule has 1 saturated heterocycles. The molecule has 26 heavy (non-hydrogen) atoms. The summed E-state index contributed by atoms with van der Waals surface area (Å²) in [6, 6.07) is 15.8. The van der Waals surface area contributed by atoms with Gasteiger partial charge in [-0.05, 0) is 42.7 Å². The number of H-pyrrole nitrogens is 1. The van der Waals surface area contributed by atoms with E-state index in [0.29, 0.717) is 6.42 Å². The van der Waals surface area contributed by atoms with Crippen LogP contribution in [0.25, 0.3) is 11.0 Å². The molecule has 1 aromatic heterocycles. The quantitative estimate of drug-likeness (QED) is 0.784. The van der Waals surface area contributed by atoms with Crippen molar-refractivity contribution in [3.63, 3.8) is 0 Å². The van der Waals surface area contributed by atoms with Gasteiger partial charge in [-0.1, -0.05) is 24.3 Å². The fourth-order valence-electron chi connectivity index (χ4n) is 3.62. The number of carbonyl (C=O) groups is 1. The lowest BCUT2D eigenvalue weighted by Crippen LogP contribution is -2.40. The summed E-state index contributed by atoms with van der Waals surface area (Å²) in [5, 5.41) is 0. The van der Waals surface area contributed by atoms with Crippen LogP contribution in [-0.2, 0) is 11.2 Å². The molecule has 1 unspecified atom stereocenters. The SMILES string of the molecule is COc1ccc(CC(=O)N2CCCC(c3nc4ccccc4[nH]3)C2)cc1. The number of fused-ring (bicyclic) bond motifs is 1. The Labute approximate surface area is 153 Å². The van der Waals surface area contributed by atoms with E-state index in [4.69, 9.17) is 9.72 Å². The van der Waals surface area contributed by atoms with Crippen molar-refractivity contribution in [2.45, 2.75) is 25.2 Å². The number of nitrogens with one attached hydrogen (secondary N) is 1. The molecule has 0 aliphatic carbocycles. The van der Waals surface area contributed by atoms with E-state index in [1.54, 1.807) is 7.11 Å². The van der Waals surface area contributed by atoms with E-state index in [2.05, 4.69) is 4.98 Å². The van der Waals surface area contributed by atoms with Crippen LogP contribution < -0.4 is 4.74 Å². The van der Waals surface area contributed by atoms with Crippen molar-refractivity contribution in [3.8, 4) is 5.75 Å². The topological polar surface area (TPSA) is 58.2 Å². The van der Waals surface area contributed by atoms with Gasteiger partial charge in [0, 0.05) is 19.0 Å². The maximum absolute atomic E-state index is 12.7. The number of rotatable bonds is 4. The number of aromatic amines is 1. The van der Waals surface area contributed by atoms with E-state index in [0.717, 1.165) is 54.1 Å². The van der Waals surface area contributed by atoms with Crippen LogP contribution in [0.4, 0.5) is 0 Å². The first-order valence-corrected chi connectivity index (χ1v) is 9.08. The van der Waals surface area contributed by atoms with Crippen molar-refractivity contribution in [1.82, 2.24) is 14.9 Å². The Hall–Kier alpha value is -2.82. The zero-order chi connectivity index (χ0) is 17.9. The number of likely N-dealkylation sites (tertiary alicyclic amines) is 1. The van der Waals surface area contributed by atoms with Gasteiger partial charge < -0.3 is 14.6 Å². The van der Waals surface area contributed by atoms with E-state index < -0.39 is 0 Å². The number of aromatic nitrogens is 2. The Balaban J connectivity index is 1.44. The first kappa shape index (κ1) is 16.6. The molecule has 0 bridgehead atoms. The smallest absolute Gasteiger partial charge is 0.227 e. The summed E-state index contributed by atoms with van der Waals surface area (Å²) in [5.74, 6) is 2.25. The number of hydrogen-bond donors (Lipinski definition) is 1. The fraction of sp³-hybridized carbons (Fsp3) is 0.333. The summed E-state index contributed by atoms with van der Waals surface area (Å²) in [5.41, 5.74) is 3.06. The molecule has 0 radical (unpaired) electrons. The molecule has 1 fully saturated rings. The first-order chi connectivity index (χ1) is 12.7. The molecule has 2 heterocycles. The molecule has 0 saturated carbocycles. The number of carbonyl (C=O) groups excluding carboxylic acids is 1. The third-order valence-electron chi connectivity index (χ3n) is 5.08. The molecular formula is C21H23N3O2. The minimum absolute atomic E-state index is 0.177. The number of para-hydroxylation sites is 2. The van der Waals surface area contributed by atoms with E-state index in [9.17, 15) is 4.79 Å². The molecule has 5 heteroatoms. The number of benzene rings is 2. The monoisotopic (exact) mass is 349 g/mol. The minimum atomic E-state index is 0.177. The maximum atomic E-state index is 12.7. The molecule has 2 aromatic carbocycles. The van der Waals surface area contributed by atoms with Crippen LogP contribution in [0.1, 0.15) is 30.1 Å². The highest BCUT2D eigenvalue weighted by Gasteiger charge is 2.26. The molecule has 0 spiro atoms. The molecule has 134 valence electrons. The lowest BCUT2D eigenvalue weighted by atomic mass is 9.96. The van der Waals surface area contributed by atoms with Crippen LogP contribution in [0.2, 0.25) is 0 Å². The average Bonchev–Trinajstić information content (AvgIpc) is 3.13. The number of hydrogen-bond acceptors (Lipinski definition) is 3. The van der Waals surface area contributed by atoms with Gasteiger partial charge in [-0.3, -0.25) is 4.79 Å². The molecule has 5 nitrogen and oxygen atoms in total. The number of nitrogens with zero attached hydrogens (tertiary/aromatic N) is 2. The van der Waals surface area contributed by atoms with Crippen molar-refractivity contribution in [1.29, 1.82) is 0 Å². The zero-order valence-corrected chi connectivity index (χ0v) is 14.9. The van der Waals surface area contributed by atoms with Gasteiger partial charge in [0.15, 0.2) is 0 Å². The summed E-state index contributed by atoms with van der Waals surface area (Å²) in [6.07, 6.45) is 2.50. The Morgan fingerprint density at radius 3 is 2.81 bits per heavy atom. The lowest BCUT2D eigenvalue weighted by molar-refractivity contribution is -0.131. The van der Waals surface area contributed by atoms with E-state index in [1.165, 1.54) is 0 Å². The van der Waals surface area contributed by atoms with E-state index in [-0.39, 0.29) is 11.8 Å². The Bertz CT molecular complexity index is 868. The standard InChI is InChI=1S/C21H23N3O2/c1-26-17-10-8-15(9-11-17)13-20(25)24-12-4-5-16(14-24)21-22-18-6-2-3-7-19(18)23-21/h2-3,6-11,16H,4-5,12-14H2,1H3,(H,22,23). The largest absolute Gasteiger partial charge is 0.497 e. The van der Waals surface area contributed by atoms with Gasteiger partial charge in [0.2, 0.25) is 5.91 Å². The number of ether oxygens (including phenoxy) is 1. The van der Waals surface area contributed by atoms with Crippen LogP contribution >= 0.6 is 0 Å². The summed E-state index contributed by atoms with van der Waals surface area (Å²) in [7, 11) is 1.64. The summed E-state index contributed by atoms with van der Waals surface area (Å²) in [6.45, 7) is 1.56. The van der Waals surface area contributed by atoms with Gasteiger partial charge in [0.1, 0.15) is 11.6 Å². The van der Waals surface area contributed by atoms with Crippen molar-refractivity contribution < 1.29 is 9.53 Å². The molecule has 1 N–H and O–H groups in total. The summed E-state index contributed by atoms with van der Waals surface area (Å²) in [4.78, 5) is 22.9. The zero-order valence-electron chi connectivity index (χ0n) is 14.9. The number of amides is 1. The van der Waals surface area contributed by atoms with Gasteiger partial charge in [0.25, 0.3) is 0 Å². The van der Waals surface area contributed by atoms with Crippen LogP contribution in [0.5, 0.6) is 5.75 Å². The molecule has 4 rings (SSSR count). The van der Waals surface area contributed by atoms with Gasteiger partial charge in [0.05, 0.1) is 24.6 Å². The highest BCUT2D eigenvalue weighted by atomic mass is 16.5. The van der Waals surface area contributed by atoms with Crippen LogP contribution in [0.15, 0.2) is 48.5 Å². The second-order valence-electron chi connectivity index (χ2n) is 6.84. The Morgan fingerprint density at radius 2 is 2.04 bits per heavy atom. The van der Waals surface area contributed by atoms with Crippen LogP contribution in [0.3, 0.4) is 0 Å². The first-order valence-electron chi connectivity index (χ1n) is 9.08. The number of piperidine rings is 1. The lowest BCUT2D eigenvalue weighted by Gasteiger charge is -2.32. The minimum Gasteiger partial charge on any atom is -0.497 e. The molecule has 1 aliphatic heterocycles. The molecule has 1 aliphatic rings. The number of imidazole rings is 1. The number of methoxy groups -OCH3 is 1. The third-order valence-corrected chi connectivity index (χ3v) is 5.08. The van der Waals surface area contributed by atoms with Crippen molar-refractivity contribution in [3.05, 3.63) is 59.9 Å². The highest BCUT2D eigenvalue weighted by Crippen LogP contribution is 2.27. The van der Waals surface area contributed by atoms with Gasteiger partial charge in [-0.15, -0.1) is 0 Å². The molecule has 1 atom stereocenters. The van der Waals surface area contributed by atoms with Crippen molar-refractivity contribution in [2.24, 2.45) is 0 Å².